The fraction of sp³-hybridized carbons (Fsp3) is 0.200. The van der Waals surface area contributed by atoms with Crippen LogP contribution in [0.2, 0.25) is 0 Å². The van der Waals surface area contributed by atoms with Crippen molar-refractivity contribution < 1.29 is 23.1 Å². The summed E-state index contributed by atoms with van der Waals surface area (Å²) in [6.07, 6.45) is -0.626. The average molecular weight is 351 g/mol. The first-order valence-corrected chi connectivity index (χ1v) is 7.29. The normalized spacial score (nSPS) is 12.9. The minimum absolute atomic E-state index is 0.120. The Bertz CT molecular complexity index is 602. The van der Waals surface area contributed by atoms with E-state index in [0.717, 1.165) is 0 Å². The van der Waals surface area contributed by atoms with Crippen LogP contribution < -0.4 is 10.5 Å². The molecule has 7 nitrogen and oxygen atoms in total. The number of carboxylic acid groups (broad SMARTS) is 1. The van der Waals surface area contributed by atoms with Crippen LogP contribution >= 0.6 is 15.9 Å². The Morgan fingerprint density at radius 2 is 1.95 bits per heavy atom. The van der Waals surface area contributed by atoms with Crippen molar-refractivity contribution in [3.05, 3.63) is 28.7 Å². The third-order valence-electron chi connectivity index (χ3n) is 2.13. The third-order valence-corrected chi connectivity index (χ3v) is 4.61. The van der Waals surface area contributed by atoms with Gasteiger partial charge in [0.25, 0.3) is 0 Å². The molecular formula is C10H11BrN2O5S. The van der Waals surface area contributed by atoms with Crippen molar-refractivity contribution in [1.29, 1.82) is 0 Å². The minimum Gasteiger partial charge on any atom is -0.480 e. The van der Waals surface area contributed by atoms with Crippen LogP contribution in [0.25, 0.3) is 0 Å². The monoisotopic (exact) mass is 350 g/mol. The maximum Gasteiger partial charge on any atom is 0.322 e. The number of halogens is 1. The number of carboxylic acids is 1. The molecule has 104 valence electrons. The number of amides is 1. The van der Waals surface area contributed by atoms with Crippen LogP contribution in [0, 0.1) is 0 Å². The lowest BCUT2D eigenvalue weighted by molar-refractivity contribution is -0.140. The van der Waals surface area contributed by atoms with Gasteiger partial charge in [0.05, 0.1) is 11.3 Å². The van der Waals surface area contributed by atoms with Gasteiger partial charge in [0.1, 0.15) is 6.04 Å². The highest BCUT2D eigenvalue weighted by Gasteiger charge is 2.27. The molecule has 9 heteroatoms. The molecule has 0 saturated heterocycles. The first kappa shape index (κ1) is 15.6. The van der Waals surface area contributed by atoms with Crippen molar-refractivity contribution in [2.45, 2.75) is 17.4 Å². The van der Waals surface area contributed by atoms with E-state index in [9.17, 15) is 18.0 Å². The molecule has 1 aromatic carbocycles. The van der Waals surface area contributed by atoms with Gasteiger partial charge in [-0.05, 0) is 28.1 Å². The molecule has 0 aromatic heterocycles. The lowest BCUT2D eigenvalue weighted by atomic mass is 10.2. The van der Waals surface area contributed by atoms with E-state index in [0.29, 0.717) is 0 Å². The molecule has 1 atom stereocenters. The van der Waals surface area contributed by atoms with E-state index in [2.05, 4.69) is 15.9 Å². The van der Waals surface area contributed by atoms with Gasteiger partial charge in [0, 0.05) is 4.47 Å². The number of carbonyl (C=O) groups is 2. The summed E-state index contributed by atoms with van der Waals surface area (Å²) < 4.78 is 26.2. The molecule has 0 saturated carbocycles. The fourth-order valence-corrected chi connectivity index (χ4v) is 3.49. The van der Waals surface area contributed by atoms with Crippen LogP contribution in [0.4, 0.5) is 0 Å². The maximum absolute atomic E-state index is 12.0. The molecule has 0 bridgehead atoms. The first-order valence-electron chi connectivity index (χ1n) is 5.02. The van der Waals surface area contributed by atoms with Gasteiger partial charge in [0.15, 0.2) is 0 Å². The van der Waals surface area contributed by atoms with Crippen LogP contribution in [0.15, 0.2) is 33.6 Å². The van der Waals surface area contributed by atoms with Crippen molar-refractivity contribution >= 4 is 37.8 Å². The van der Waals surface area contributed by atoms with Crippen LogP contribution in [-0.2, 0) is 19.6 Å². The second kappa shape index (κ2) is 6.13. The summed E-state index contributed by atoms with van der Waals surface area (Å²) in [6.45, 7) is 0. The van der Waals surface area contributed by atoms with Crippen LogP contribution in [0.5, 0.6) is 0 Å². The van der Waals surface area contributed by atoms with E-state index in [1.165, 1.54) is 18.2 Å². The SMILES string of the molecule is NC(=O)CC(NS(=O)(=O)c1ccccc1Br)C(=O)O. The first-order chi connectivity index (χ1) is 8.74. The number of nitrogens with one attached hydrogen (secondary N) is 1. The molecule has 4 N–H and O–H groups in total. The topological polar surface area (TPSA) is 127 Å². The summed E-state index contributed by atoms with van der Waals surface area (Å²) in [4.78, 5) is 21.5. The zero-order valence-electron chi connectivity index (χ0n) is 9.54. The Kier molecular flexibility index (Phi) is 5.04. The number of hydrogen-bond donors (Lipinski definition) is 3. The van der Waals surface area contributed by atoms with Gasteiger partial charge in [-0.2, -0.15) is 4.72 Å². The number of carbonyl (C=O) groups excluding carboxylic acids is 1. The number of nitrogens with two attached hydrogens (primary N) is 1. The molecule has 0 radical (unpaired) electrons. The van der Waals surface area contributed by atoms with Gasteiger partial charge in [-0.15, -0.1) is 0 Å². The Balaban J connectivity index is 3.04. The fourth-order valence-electron chi connectivity index (χ4n) is 1.29. The van der Waals surface area contributed by atoms with Crippen molar-refractivity contribution in [2.24, 2.45) is 5.73 Å². The summed E-state index contributed by atoms with van der Waals surface area (Å²) in [5.74, 6) is -2.39. The number of aliphatic carboxylic acids is 1. The van der Waals surface area contributed by atoms with Gasteiger partial charge in [-0.25, -0.2) is 8.42 Å². The van der Waals surface area contributed by atoms with Crippen molar-refractivity contribution in [1.82, 2.24) is 4.72 Å². The zero-order valence-corrected chi connectivity index (χ0v) is 11.9. The standard InChI is InChI=1S/C10H11BrN2O5S/c11-6-3-1-2-4-8(6)19(17,18)13-7(10(15)16)5-9(12)14/h1-4,7,13H,5H2,(H2,12,14)(H,15,16). The molecule has 19 heavy (non-hydrogen) atoms. The lowest BCUT2D eigenvalue weighted by Gasteiger charge is -2.14. The van der Waals surface area contributed by atoms with Gasteiger partial charge in [-0.1, -0.05) is 12.1 Å². The Hall–Kier alpha value is -1.45. The number of hydrogen-bond acceptors (Lipinski definition) is 4. The quantitative estimate of drug-likeness (QED) is 0.668. The highest BCUT2D eigenvalue weighted by atomic mass is 79.9. The largest absolute Gasteiger partial charge is 0.480 e. The molecule has 0 fully saturated rings. The molecule has 1 unspecified atom stereocenters. The molecule has 0 spiro atoms. The zero-order chi connectivity index (χ0) is 14.6. The number of primary amides is 1. The summed E-state index contributed by atoms with van der Waals surface area (Å²) in [5.41, 5.74) is 4.87. The van der Waals surface area contributed by atoms with Gasteiger partial charge in [-0.3, -0.25) is 9.59 Å². The summed E-state index contributed by atoms with van der Waals surface area (Å²) in [6, 6.07) is 4.30. The smallest absolute Gasteiger partial charge is 0.322 e. The summed E-state index contributed by atoms with van der Waals surface area (Å²) in [7, 11) is -4.07. The summed E-state index contributed by atoms with van der Waals surface area (Å²) in [5, 5.41) is 8.86. The van der Waals surface area contributed by atoms with E-state index in [4.69, 9.17) is 10.8 Å². The molecule has 0 aliphatic rings. The van der Waals surface area contributed by atoms with Gasteiger partial charge >= 0.3 is 5.97 Å². The van der Waals surface area contributed by atoms with Crippen LogP contribution in [0.3, 0.4) is 0 Å². The van der Waals surface area contributed by atoms with Crippen molar-refractivity contribution in [3.8, 4) is 0 Å². The highest BCUT2D eigenvalue weighted by molar-refractivity contribution is 9.10. The molecule has 1 amide bonds. The Morgan fingerprint density at radius 3 is 2.42 bits per heavy atom. The van der Waals surface area contributed by atoms with E-state index in [-0.39, 0.29) is 9.37 Å². The average Bonchev–Trinajstić information content (AvgIpc) is 2.27. The molecule has 1 aromatic rings. The van der Waals surface area contributed by atoms with E-state index >= 15 is 0 Å². The molecular weight excluding hydrogens is 340 g/mol. The van der Waals surface area contributed by atoms with E-state index in [1.807, 2.05) is 4.72 Å². The minimum atomic E-state index is -4.07. The van der Waals surface area contributed by atoms with E-state index in [1.54, 1.807) is 6.07 Å². The Morgan fingerprint density at radius 1 is 1.37 bits per heavy atom. The van der Waals surface area contributed by atoms with Crippen LogP contribution in [-0.4, -0.2) is 31.4 Å². The van der Waals surface area contributed by atoms with Crippen LogP contribution in [0.1, 0.15) is 6.42 Å². The number of sulfonamides is 1. The van der Waals surface area contributed by atoms with Crippen molar-refractivity contribution in [2.75, 3.05) is 0 Å². The van der Waals surface area contributed by atoms with Gasteiger partial charge < -0.3 is 10.8 Å². The predicted molar refractivity (Wildman–Crippen MR) is 69.7 cm³/mol. The lowest BCUT2D eigenvalue weighted by Crippen LogP contribution is -2.43. The highest BCUT2D eigenvalue weighted by Crippen LogP contribution is 2.21. The second-order valence-electron chi connectivity index (χ2n) is 3.61. The van der Waals surface area contributed by atoms with E-state index < -0.39 is 34.4 Å². The number of rotatable bonds is 6. The number of benzene rings is 1. The maximum atomic E-state index is 12.0. The second-order valence-corrected chi connectivity index (χ2v) is 6.15. The molecule has 1 rings (SSSR count). The third kappa shape index (κ3) is 4.30. The van der Waals surface area contributed by atoms with Crippen molar-refractivity contribution in [3.63, 3.8) is 0 Å². The summed E-state index contributed by atoms with van der Waals surface area (Å²) >= 11 is 3.05. The molecule has 0 heterocycles. The van der Waals surface area contributed by atoms with Gasteiger partial charge in [0.2, 0.25) is 15.9 Å². The predicted octanol–water partition coefficient (Wildman–Crippen LogP) is 0.0560. The Labute approximate surface area is 118 Å². The molecule has 0 aliphatic heterocycles. The molecule has 0 aliphatic carbocycles.